The van der Waals surface area contributed by atoms with Crippen molar-refractivity contribution in [2.24, 2.45) is 5.73 Å². The molecule has 1 aliphatic rings. The molecule has 0 bridgehead atoms. The first kappa shape index (κ1) is 11.6. The number of hydrogen-bond donors (Lipinski definition) is 1. The summed E-state index contributed by atoms with van der Waals surface area (Å²) in [5, 5.41) is 0. The first-order valence-electron chi connectivity index (χ1n) is 5.91. The molecular formula is C13H19FN2. The van der Waals surface area contributed by atoms with E-state index in [9.17, 15) is 4.39 Å². The van der Waals surface area contributed by atoms with Gasteiger partial charge in [0, 0.05) is 6.04 Å². The van der Waals surface area contributed by atoms with E-state index >= 15 is 0 Å². The highest BCUT2D eigenvalue weighted by Gasteiger charge is 2.27. The molecule has 0 saturated heterocycles. The monoisotopic (exact) mass is 222 g/mol. The zero-order valence-corrected chi connectivity index (χ0v) is 9.75. The van der Waals surface area contributed by atoms with Gasteiger partial charge in [-0.1, -0.05) is 12.1 Å². The molecule has 0 saturated carbocycles. The van der Waals surface area contributed by atoms with Crippen molar-refractivity contribution in [2.75, 3.05) is 20.1 Å². The van der Waals surface area contributed by atoms with E-state index in [0.29, 0.717) is 12.6 Å². The maximum atomic E-state index is 13.5. The Balaban J connectivity index is 2.14. The number of benzene rings is 1. The Morgan fingerprint density at radius 2 is 2.31 bits per heavy atom. The van der Waals surface area contributed by atoms with Gasteiger partial charge >= 0.3 is 0 Å². The smallest absolute Gasteiger partial charge is 0.126 e. The Labute approximate surface area is 96.2 Å². The van der Waals surface area contributed by atoms with Crippen molar-refractivity contribution in [1.82, 2.24) is 4.90 Å². The predicted molar refractivity (Wildman–Crippen MR) is 63.8 cm³/mol. The Morgan fingerprint density at radius 1 is 1.50 bits per heavy atom. The fraction of sp³-hybridized carbons (Fsp3) is 0.538. The summed E-state index contributed by atoms with van der Waals surface area (Å²) in [4.78, 5) is 2.29. The molecule has 0 aliphatic heterocycles. The topological polar surface area (TPSA) is 29.3 Å². The average Bonchev–Trinajstić information content (AvgIpc) is 2.71. The van der Waals surface area contributed by atoms with Crippen molar-refractivity contribution in [1.29, 1.82) is 0 Å². The lowest BCUT2D eigenvalue weighted by Gasteiger charge is -2.24. The highest BCUT2D eigenvalue weighted by Crippen LogP contribution is 2.36. The molecule has 1 atom stereocenters. The molecular weight excluding hydrogens is 203 g/mol. The summed E-state index contributed by atoms with van der Waals surface area (Å²) in [5.41, 5.74) is 7.58. The van der Waals surface area contributed by atoms with E-state index in [-0.39, 0.29) is 5.82 Å². The normalized spacial score (nSPS) is 19.1. The van der Waals surface area contributed by atoms with Crippen LogP contribution in [0, 0.1) is 5.82 Å². The number of halogens is 1. The second-order valence-corrected chi connectivity index (χ2v) is 4.48. The molecule has 2 N–H and O–H groups in total. The van der Waals surface area contributed by atoms with Gasteiger partial charge in [0.15, 0.2) is 0 Å². The van der Waals surface area contributed by atoms with Crippen LogP contribution in [0.3, 0.4) is 0 Å². The number of rotatable bonds is 4. The van der Waals surface area contributed by atoms with Crippen LogP contribution in [0.25, 0.3) is 0 Å². The molecule has 1 aromatic rings. The largest absolute Gasteiger partial charge is 0.330 e. The molecule has 0 spiro atoms. The molecule has 1 unspecified atom stereocenters. The van der Waals surface area contributed by atoms with E-state index in [1.165, 1.54) is 5.56 Å². The fourth-order valence-corrected chi connectivity index (χ4v) is 2.54. The Hall–Kier alpha value is -0.930. The van der Waals surface area contributed by atoms with Gasteiger partial charge in [0.25, 0.3) is 0 Å². The van der Waals surface area contributed by atoms with Gasteiger partial charge in [0.1, 0.15) is 5.82 Å². The maximum Gasteiger partial charge on any atom is 0.126 e. The van der Waals surface area contributed by atoms with Crippen LogP contribution in [-0.4, -0.2) is 25.0 Å². The van der Waals surface area contributed by atoms with E-state index in [2.05, 4.69) is 18.0 Å². The van der Waals surface area contributed by atoms with Crippen LogP contribution in [0.1, 0.15) is 30.0 Å². The number of nitrogens with zero attached hydrogens (tertiary/aromatic N) is 1. The summed E-state index contributed by atoms with van der Waals surface area (Å²) in [6.45, 7) is 1.70. The molecule has 0 fully saturated rings. The van der Waals surface area contributed by atoms with Crippen LogP contribution in [0.15, 0.2) is 18.2 Å². The summed E-state index contributed by atoms with van der Waals surface area (Å²) in [7, 11) is 2.10. The minimum Gasteiger partial charge on any atom is -0.330 e. The molecule has 3 heteroatoms. The number of nitrogens with two attached hydrogens (primary N) is 1. The van der Waals surface area contributed by atoms with Gasteiger partial charge in [-0.3, -0.25) is 4.90 Å². The zero-order valence-electron chi connectivity index (χ0n) is 9.75. The summed E-state index contributed by atoms with van der Waals surface area (Å²) in [5.74, 6) is -0.0489. The molecule has 16 heavy (non-hydrogen) atoms. The average molecular weight is 222 g/mol. The Morgan fingerprint density at radius 3 is 3.06 bits per heavy atom. The van der Waals surface area contributed by atoms with Crippen LogP contribution >= 0.6 is 0 Å². The molecule has 88 valence electrons. The van der Waals surface area contributed by atoms with E-state index in [4.69, 9.17) is 5.73 Å². The summed E-state index contributed by atoms with van der Waals surface area (Å²) < 4.78 is 13.5. The molecule has 1 aliphatic carbocycles. The van der Waals surface area contributed by atoms with Gasteiger partial charge in [-0.05, 0) is 56.6 Å². The van der Waals surface area contributed by atoms with Gasteiger partial charge in [0.2, 0.25) is 0 Å². The number of fused-ring (bicyclic) bond motifs is 1. The third-order valence-corrected chi connectivity index (χ3v) is 3.43. The van der Waals surface area contributed by atoms with Crippen molar-refractivity contribution >= 4 is 0 Å². The summed E-state index contributed by atoms with van der Waals surface area (Å²) in [6.07, 6.45) is 2.88. The summed E-state index contributed by atoms with van der Waals surface area (Å²) in [6, 6.07) is 5.79. The third-order valence-electron chi connectivity index (χ3n) is 3.43. The SMILES string of the molecule is CN(CCCN)C1CCc2c(F)cccc21. The van der Waals surface area contributed by atoms with E-state index < -0.39 is 0 Å². The van der Waals surface area contributed by atoms with Crippen molar-refractivity contribution < 1.29 is 4.39 Å². The van der Waals surface area contributed by atoms with Crippen LogP contribution in [0.4, 0.5) is 4.39 Å². The Bertz CT molecular complexity index is 365. The lowest BCUT2D eigenvalue weighted by Crippen LogP contribution is -2.25. The van der Waals surface area contributed by atoms with Crippen LogP contribution < -0.4 is 5.73 Å². The van der Waals surface area contributed by atoms with Gasteiger partial charge < -0.3 is 5.73 Å². The first-order valence-corrected chi connectivity index (χ1v) is 5.91. The van der Waals surface area contributed by atoms with Crippen molar-refractivity contribution in [3.63, 3.8) is 0 Å². The lowest BCUT2D eigenvalue weighted by atomic mass is 10.1. The molecule has 2 rings (SSSR count). The highest BCUT2D eigenvalue weighted by molar-refractivity contribution is 5.35. The standard InChI is InChI=1S/C13H19FN2/c1-16(9-3-8-15)13-7-6-10-11(13)4-2-5-12(10)14/h2,4-5,13H,3,6-9,15H2,1H3. The van der Waals surface area contributed by atoms with Crippen molar-refractivity contribution in [2.45, 2.75) is 25.3 Å². The molecule has 0 radical (unpaired) electrons. The van der Waals surface area contributed by atoms with Crippen LogP contribution in [0.2, 0.25) is 0 Å². The summed E-state index contributed by atoms with van der Waals surface area (Å²) >= 11 is 0. The zero-order chi connectivity index (χ0) is 11.5. The molecule has 2 nitrogen and oxygen atoms in total. The van der Waals surface area contributed by atoms with Gasteiger partial charge in [-0.15, -0.1) is 0 Å². The Kier molecular flexibility index (Phi) is 3.56. The second kappa shape index (κ2) is 4.93. The fourth-order valence-electron chi connectivity index (χ4n) is 2.54. The van der Waals surface area contributed by atoms with E-state index in [1.807, 2.05) is 6.07 Å². The lowest BCUT2D eigenvalue weighted by molar-refractivity contribution is 0.243. The van der Waals surface area contributed by atoms with Gasteiger partial charge in [-0.25, -0.2) is 4.39 Å². The van der Waals surface area contributed by atoms with Gasteiger partial charge in [-0.2, -0.15) is 0 Å². The van der Waals surface area contributed by atoms with Crippen LogP contribution in [0.5, 0.6) is 0 Å². The highest BCUT2D eigenvalue weighted by atomic mass is 19.1. The first-order chi connectivity index (χ1) is 7.74. The maximum absolute atomic E-state index is 13.5. The van der Waals surface area contributed by atoms with E-state index in [0.717, 1.165) is 31.4 Å². The molecule has 1 aromatic carbocycles. The minimum atomic E-state index is -0.0489. The number of hydrogen-bond acceptors (Lipinski definition) is 2. The van der Waals surface area contributed by atoms with Crippen LogP contribution in [-0.2, 0) is 6.42 Å². The van der Waals surface area contributed by atoms with Gasteiger partial charge in [0.05, 0.1) is 0 Å². The molecule has 0 aromatic heterocycles. The predicted octanol–water partition coefficient (Wildman–Crippen LogP) is 2.09. The molecule has 0 heterocycles. The second-order valence-electron chi connectivity index (χ2n) is 4.48. The third kappa shape index (κ3) is 2.11. The minimum absolute atomic E-state index is 0.0489. The van der Waals surface area contributed by atoms with Crippen molar-refractivity contribution in [3.05, 3.63) is 35.1 Å². The van der Waals surface area contributed by atoms with Crippen molar-refractivity contribution in [3.8, 4) is 0 Å². The van der Waals surface area contributed by atoms with E-state index in [1.54, 1.807) is 6.07 Å². The molecule has 0 amide bonds. The quantitative estimate of drug-likeness (QED) is 0.845.